The minimum absolute atomic E-state index is 0.00249. The van der Waals surface area contributed by atoms with E-state index in [9.17, 15) is 9.59 Å². The Morgan fingerprint density at radius 3 is 2.58 bits per heavy atom. The molecule has 2 aliphatic rings. The predicted octanol–water partition coefficient (Wildman–Crippen LogP) is 1.59. The molecule has 1 amide bonds. The maximum Gasteiger partial charge on any atom is 0.326 e. The van der Waals surface area contributed by atoms with Crippen molar-refractivity contribution in [1.29, 1.82) is 0 Å². The van der Waals surface area contributed by atoms with Crippen LogP contribution in [0.15, 0.2) is 29.1 Å². The van der Waals surface area contributed by atoms with Crippen LogP contribution in [0.25, 0.3) is 11.0 Å². The number of likely N-dealkylation sites (tertiary alicyclic amines) is 2. The van der Waals surface area contributed by atoms with Crippen molar-refractivity contribution in [1.82, 2.24) is 19.4 Å². The third-order valence-electron chi connectivity index (χ3n) is 5.40. The van der Waals surface area contributed by atoms with Crippen molar-refractivity contribution in [3.63, 3.8) is 0 Å². The molecule has 3 heterocycles. The Labute approximate surface area is 141 Å². The van der Waals surface area contributed by atoms with E-state index in [4.69, 9.17) is 0 Å². The first-order chi connectivity index (χ1) is 11.7. The minimum Gasteiger partial charge on any atom is -0.341 e. The lowest BCUT2D eigenvalue weighted by atomic mass is 10.0. The number of amides is 1. The lowest BCUT2D eigenvalue weighted by Gasteiger charge is -2.33. The number of aromatic amines is 1. The molecule has 128 valence electrons. The fourth-order valence-corrected chi connectivity index (χ4v) is 4.04. The lowest BCUT2D eigenvalue weighted by Crippen LogP contribution is -2.41. The fourth-order valence-electron chi connectivity index (χ4n) is 4.04. The van der Waals surface area contributed by atoms with Crippen LogP contribution in [0.2, 0.25) is 0 Å². The molecule has 0 unspecified atom stereocenters. The molecule has 6 heteroatoms. The summed E-state index contributed by atoms with van der Waals surface area (Å²) < 4.78 is 1.93. The van der Waals surface area contributed by atoms with Crippen molar-refractivity contribution in [2.45, 2.75) is 31.7 Å². The molecule has 0 bridgehead atoms. The van der Waals surface area contributed by atoms with E-state index < -0.39 is 0 Å². The number of carbonyl (C=O) groups is 1. The van der Waals surface area contributed by atoms with Crippen LogP contribution in [-0.2, 0) is 4.79 Å². The highest BCUT2D eigenvalue weighted by atomic mass is 16.2. The Balaban J connectivity index is 1.38. The van der Waals surface area contributed by atoms with E-state index in [1.807, 2.05) is 33.7 Å². The number of nitrogens with zero attached hydrogens (tertiary/aromatic N) is 3. The average molecular weight is 328 g/mol. The number of aromatic nitrogens is 2. The van der Waals surface area contributed by atoms with Gasteiger partial charge in [-0.15, -0.1) is 0 Å². The Morgan fingerprint density at radius 1 is 1.04 bits per heavy atom. The summed E-state index contributed by atoms with van der Waals surface area (Å²) >= 11 is 0. The van der Waals surface area contributed by atoms with Gasteiger partial charge >= 0.3 is 5.69 Å². The van der Waals surface area contributed by atoms with Gasteiger partial charge in [0.2, 0.25) is 5.91 Å². The highest BCUT2D eigenvalue weighted by Gasteiger charge is 2.25. The Hall–Kier alpha value is -2.08. The average Bonchev–Trinajstić information content (AvgIpc) is 3.15. The Kier molecular flexibility index (Phi) is 4.14. The number of para-hydroxylation sites is 2. The molecule has 6 nitrogen and oxygen atoms in total. The lowest BCUT2D eigenvalue weighted by molar-refractivity contribution is -0.127. The molecular formula is C18H24N4O2. The van der Waals surface area contributed by atoms with E-state index in [0.29, 0.717) is 12.3 Å². The highest BCUT2D eigenvalue weighted by Crippen LogP contribution is 2.24. The van der Waals surface area contributed by atoms with Gasteiger partial charge in [0, 0.05) is 45.2 Å². The van der Waals surface area contributed by atoms with Crippen LogP contribution in [-0.4, -0.2) is 58.0 Å². The van der Waals surface area contributed by atoms with E-state index in [-0.39, 0.29) is 11.7 Å². The van der Waals surface area contributed by atoms with Crippen molar-refractivity contribution in [2.24, 2.45) is 0 Å². The SMILES string of the molecule is O=C1CCCN1CCN1CCC(n2c(=O)[nH]c3ccccc32)CC1. The zero-order valence-electron chi connectivity index (χ0n) is 13.9. The summed E-state index contributed by atoms with van der Waals surface area (Å²) in [7, 11) is 0. The Bertz CT molecular complexity index is 786. The standard InChI is InChI=1S/C18H24N4O2/c23-17-6-3-9-21(17)13-12-20-10-7-14(8-11-20)22-16-5-2-1-4-15(16)19-18(22)24/h1-2,4-5,14H,3,6-13H2,(H,19,24). The summed E-state index contributed by atoms with van der Waals surface area (Å²) in [6.45, 7) is 4.68. The van der Waals surface area contributed by atoms with Crippen molar-refractivity contribution in [2.75, 3.05) is 32.7 Å². The first kappa shape index (κ1) is 15.4. The van der Waals surface area contributed by atoms with Gasteiger partial charge in [-0.25, -0.2) is 4.79 Å². The van der Waals surface area contributed by atoms with Crippen molar-refractivity contribution in [3.05, 3.63) is 34.7 Å². The number of piperidine rings is 1. The van der Waals surface area contributed by atoms with E-state index in [0.717, 1.165) is 63.0 Å². The molecule has 4 rings (SSSR count). The molecule has 24 heavy (non-hydrogen) atoms. The molecule has 0 aliphatic carbocycles. The van der Waals surface area contributed by atoms with Crippen molar-refractivity contribution in [3.8, 4) is 0 Å². The molecule has 0 saturated carbocycles. The second-order valence-electron chi connectivity index (χ2n) is 6.87. The summed E-state index contributed by atoms with van der Waals surface area (Å²) in [5.74, 6) is 0.301. The zero-order valence-corrected chi connectivity index (χ0v) is 13.9. The van der Waals surface area contributed by atoms with Gasteiger partial charge in [-0.2, -0.15) is 0 Å². The van der Waals surface area contributed by atoms with Gasteiger partial charge in [0.05, 0.1) is 11.0 Å². The van der Waals surface area contributed by atoms with Gasteiger partial charge in [-0.3, -0.25) is 9.36 Å². The first-order valence-corrected chi connectivity index (χ1v) is 8.92. The van der Waals surface area contributed by atoms with E-state index >= 15 is 0 Å². The van der Waals surface area contributed by atoms with Gasteiger partial charge in [0.25, 0.3) is 0 Å². The predicted molar refractivity (Wildman–Crippen MR) is 93.1 cm³/mol. The number of fused-ring (bicyclic) bond motifs is 1. The number of H-pyrrole nitrogens is 1. The molecule has 0 atom stereocenters. The van der Waals surface area contributed by atoms with Crippen molar-refractivity contribution < 1.29 is 4.79 Å². The largest absolute Gasteiger partial charge is 0.341 e. The number of rotatable bonds is 4. The normalized spacial score (nSPS) is 20.3. The maximum atomic E-state index is 12.3. The quantitative estimate of drug-likeness (QED) is 0.927. The van der Waals surface area contributed by atoms with E-state index in [1.165, 1.54) is 0 Å². The van der Waals surface area contributed by atoms with Gasteiger partial charge in [0.1, 0.15) is 0 Å². The zero-order chi connectivity index (χ0) is 16.5. The van der Waals surface area contributed by atoms with Crippen LogP contribution in [0.4, 0.5) is 0 Å². The minimum atomic E-state index is -0.00249. The number of nitrogens with one attached hydrogen (secondary N) is 1. The summed E-state index contributed by atoms with van der Waals surface area (Å²) in [5.41, 5.74) is 1.92. The second kappa shape index (κ2) is 6.43. The molecule has 1 aromatic carbocycles. The van der Waals surface area contributed by atoms with Crippen molar-refractivity contribution >= 4 is 16.9 Å². The topological polar surface area (TPSA) is 61.3 Å². The molecule has 2 aliphatic heterocycles. The van der Waals surface area contributed by atoms with Gasteiger partial charge in [0.15, 0.2) is 0 Å². The van der Waals surface area contributed by atoms with Crippen LogP contribution < -0.4 is 5.69 Å². The van der Waals surface area contributed by atoms with Crippen LogP contribution in [0.3, 0.4) is 0 Å². The maximum absolute atomic E-state index is 12.3. The summed E-state index contributed by atoms with van der Waals surface area (Å²) in [5, 5.41) is 0. The van der Waals surface area contributed by atoms with Gasteiger partial charge < -0.3 is 14.8 Å². The number of hydrogen-bond acceptors (Lipinski definition) is 3. The molecular weight excluding hydrogens is 304 g/mol. The second-order valence-corrected chi connectivity index (χ2v) is 6.87. The van der Waals surface area contributed by atoms with E-state index in [1.54, 1.807) is 0 Å². The summed E-state index contributed by atoms with van der Waals surface area (Å²) in [4.78, 5) is 31.3. The molecule has 1 aromatic heterocycles. The third kappa shape index (κ3) is 2.86. The summed E-state index contributed by atoms with van der Waals surface area (Å²) in [6.07, 6.45) is 3.68. The number of hydrogen-bond donors (Lipinski definition) is 1. The molecule has 0 spiro atoms. The monoisotopic (exact) mass is 328 g/mol. The van der Waals surface area contributed by atoms with Crippen LogP contribution >= 0.6 is 0 Å². The molecule has 2 fully saturated rings. The third-order valence-corrected chi connectivity index (χ3v) is 5.40. The van der Waals surface area contributed by atoms with Gasteiger partial charge in [-0.05, 0) is 31.4 Å². The van der Waals surface area contributed by atoms with Gasteiger partial charge in [-0.1, -0.05) is 12.1 Å². The number of carbonyl (C=O) groups excluding carboxylic acids is 1. The molecule has 1 N–H and O–H groups in total. The van der Waals surface area contributed by atoms with Crippen LogP contribution in [0, 0.1) is 0 Å². The van der Waals surface area contributed by atoms with Crippen LogP contribution in [0.1, 0.15) is 31.7 Å². The highest BCUT2D eigenvalue weighted by molar-refractivity contribution is 5.78. The van der Waals surface area contributed by atoms with Crippen LogP contribution in [0.5, 0.6) is 0 Å². The smallest absolute Gasteiger partial charge is 0.326 e. The molecule has 0 radical (unpaired) electrons. The van der Waals surface area contributed by atoms with E-state index in [2.05, 4.69) is 9.88 Å². The fraction of sp³-hybridized carbons (Fsp3) is 0.556. The number of imidazole rings is 1. The first-order valence-electron chi connectivity index (χ1n) is 8.92. The summed E-state index contributed by atoms with van der Waals surface area (Å²) in [6, 6.07) is 8.16. The molecule has 2 saturated heterocycles. The number of benzene rings is 1. The molecule has 2 aromatic rings. The Morgan fingerprint density at radius 2 is 1.83 bits per heavy atom.